The number of ether oxygens (including phenoxy) is 5. The molecule has 9 heteroatoms. The number of rotatable bonds is 10. The van der Waals surface area contributed by atoms with Gasteiger partial charge in [0.05, 0.1) is 44.3 Å². The zero-order valence-corrected chi connectivity index (χ0v) is 20.9. The molecule has 190 valence electrons. The van der Waals surface area contributed by atoms with E-state index in [4.69, 9.17) is 23.7 Å². The van der Waals surface area contributed by atoms with E-state index in [2.05, 4.69) is 15.5 Å². The maximum absolute atomic E-state index is 12.9. The molecular weight excluding hydrogens is 450 g/mol. The van der Waals surface area contributed by atoms with Crippen molar-refractivity contribution < 1.29 is 28.5 Å². The van der Waals surface area contributed by atoms with E-state index < -0.39 is 5.54 Å². The minimum absolute atomic E-state index is 0.113. The van der Waals surface area contributed by atoms with Crippen molar-refractivity contribution in [1.82, 2.24) is 5.32 Å². The summed E-state index contributed by atoms with van der Waals surface area (Å²) in [6.07, 6.45) is 0. The van der Waals surface area contributed by atoms with E-state index in [-0.39, 0.29) is 19.2 Å². The van der Waals surface area contributed by atoms with E-state index in [0.717, 1.165) is 30.1 Å². The molecule has 0 saturated carbocycles. The fraction of sp³-hybridized carbons (Fsp3) is 0.500. The van der Waals surface area contributed by atoms with Crippen LogP contribution in [0.5, 0.6) is 23.0 Å². The first-order valence-corrected chi connectivity index (χ1v) is 12.1. The van der Waals surface area contributed by atoms with Crippen LogP contribution in [0.4, 0.5) is 11.4 Å². The van der Waals surface area contributed by atoms with Crippen molar-refractivity contribution in [3.05, 3.63) is 35.9 Å². The van der Waals surface area contributed by atoms with Gasteiger partial charge in [0.1, 0.15) is 11.5 Å². The number of carbonyl (C=O) groups excluding carboxylic acids is 1. The van der Waals surface area contributed by atoms with Crippen LogP contribution in [0.2, 0.25) is 0 Å². The third-order valence-electron chi connectivity index (χ3n) is 6.07. The smallest absolute Gasteiger partial charge is 0.238 e. The van der Waals surface area contributed by atoms with Gasteiger partial charge in [-0.15, -0.1) is 0 Å². The summed E-state index contributed by atoms with van der Waals surface area (Å²) in [6, 6.07) is 9.60. The van der Waals surface area contributed by atoms with Gasteiger partial charge >= 0.3 is 0 Å². The quantitative estimate of drug-likeness (QED) is 0.529. The molecular formula is C26H35N3O6. The third-order valence-corrected chi connectivity index (χ3v) is 6.07. The molecule has 1 amide bonds. The third kappa shape index (κ3) is 5.91. The Morgan fingerprint density at radius 3 is 2.46 bits per heavy atom. The highest BCUT2D eigenvalue weighted by Crippen LogP contribution is 2.39. The normalized spacial score (nSPS) is 15.1. The van der Waals surface area contributed by atoms with Crippen molar-refractivity contribution in [3.63, 3.8) is 0 Å². The minimum atomic E-state index is -0.461. The Morgan fingerprint density at radius 1 is 1.00 bits per heavy atom. The predicted octanol–water partition coefficient (Wildman–Crippen LogP) is 3.51. The van der Waals surface area contributed by atoms with Gasteiger partial charge in [0.15, 0.2) is 11.5 Å². The number of benzene rings is 2. The zero-order valence-electron chi connectivity index (χ0n) is 20.9. The molecule has 0 aromatic heterocycles. The van der Waals surface area contributed by atoms with Gasteiger partial charge in [0.25, 0.3) is 0 Å². The summed E-state index contributed by atoms with van der Waals surface area (Å²) < 4.78 is 28.2. The van der Waals surface area contributed by atoms with E-state index in [1.165, 1.54) is 0 Å². The van der Waals surface area contributed by atoms with E-state index in [1.54, 1.807) is 0 Å². The number of amides is 1. The minimum Gasteiger partial charge on any atom is -0.492 e. The van der Waals surface area contributed by atoms with Gasteiger partial charge in [-0.05, 0) is 45.4 Å². The molecule has 4 rings (SSSR count). The zero-order chi connectivity index (χ0) is 24.8. The molecule has 1 saturated heterocycles. The lowest BCUT2D eigenvalue weighted by Crippen LogP contribution is -2.41. The number of carbonyl (C=O) groups is 1. The van der Waals surface area contributed by atoms with E-state index in [0.29, 0.717) is 49.4 Å². The van der Waals surface area contributed by atoms with Crippen LogP contribution in [0.15, 0.2) is 30.3 Å². The summed E-state index contributed by atoms with van der Waals surface area (Å²) in [5.74, 6) is 2.59. The molecule has 0 bridgehead atoms. The molecule has 1 fully saturated rings. The van der Waals surface area contributed by atoms with E-state index in [1.807, 2.05) is 58.0 Å². The van der Waals surface area contributed by atoms with Crippen molar-refractivity contribution in [2.45, 2.75) is 33.2 Å². The maximum atomic E-state index is 12.9. The second-order valence-electron chi connectivity index (χ2n) is 8.88. The Hall–Kier alpha value is -3.17. The lowest BCUT2D eigenvalue weighted by Gasteiger charge is -2.31. The van der Waals surface area contributed by atoms with Crippen LogP contribution in [0.1, 0.15) is 33.3 Å². The standard InChI is InChI=1S/C26H35N3O6/c1-5-32-22-15-20(29-9-11-31-12-10-29)23(33-6-2)14-19(22)28-25(30)16-27-26(3,4)18-7-8-21-24(13-18)35-17-34-21/h7-8,13-15,27H,5-6,9-12,16-17H2,1-4H3,(H,28,30). The molecule has 2 aliphatic rings. The molecule has 35 heavy (non-hydrogen) atoms. The largest absolute Gasteiger partial charge is 0.492 e. The fourth-order valence-corrected chi connectivity index (χ4v) is 4.13. The lowest BCUT2D eigenvalue weighted by molar-refractivity contribution is -0.115. The van der Waals surface area contributed by atoms with Gasteiger partial charge < -0.3 is 33.9 Å². The van der Waals surface area contributed by atoms with Gasteiger partial charge in [-0.2, -0.15) is 0 Å². The number of nitrogens with one attached hydrogen (secondary N) is 2. The average Bonchev–Trinajstić information content (AvgIpc) is 3.33. The molecule has 9 nitrogen and oxygen atoms in total. The second-order valence-corrected chi connectivity index (χ2v) is 8.88. The molecule has 0 aliphatic carbocycles. The van der Waals surface area contributed by atoms with Crippen molar-refractivity contribution in [1.29, 1.82) is 0 Å². The Morgan fingerprint density at radius 2 is 1.71 bits per heavy atom. The van der Waals surface area contributed by atoms with Crippen LogP contribution in [0.3, 0.4) is 0 Å². The Bertz CT molecular complexity index is 1040. The number of hydrogen-bond donors (Lipinski definition) is 2. The first-order valence-electron chi connectivity index (χ1n) is 12.1. The monoisotopic (exact) mass is 485 g/mol. The van der Waals surface area contributed by atoms with Crippen LogP contribution in [0.25, 0.3) is 0 Å². The Balaban J connectivity index is 1.47. The van der Waals surface area contributed by atoms with Crippen molar-refractivity contribution >= 4 is 17.3 Å². The highest BCUT2D eigenvalue weighted by Gasteiger charge is 2.25. The number of nitrogens with zero attached hydrogens (tertiary/aromatic N) is 1. The Labute approximate surface area is 206 Å². The van der Waals surface area contributed by atoms with Crippen LogP contribution < -0.4 is 34.5 Å². The summed E-state index contributed by atoms with van der Waals surface area (Å²) in [5.41, 5.74) is 2.06. The fourth-order valence-electron chi connectivity index (χ4n) is 4.13. The second kappa shape index (κ2) is 11.0. The summed E-state index contributed by atoms with van der Waals surface area (Å²) >= 11 is 0. The highest BCUT2D eigenvalue weighted by atomic mass is 16.7. The first kappa shape index (κ1) is 24.9. The van der Waals surface area contributed by atoms with Crippen LogP contribution in [0, 0.1) is 0 Å². The van der Waals surface area contributed by atoms with Gasteiger partial charge in [-0.1, -0.05) is 6.07 Å². The number of fused-ring (bicyclic) bond motifs is 1. The molecule has 0 unspecified atom stereocenters. The van der Waals surface area contributed by atoms with Crippen LogP contribution >= 0.6 is 0 Å². The summed E-state index contributed by atoms with van der Waals surface area (Å²) in [5, 5.41) is 6.33. The summed E-state index contributed by atoms with van der Waals surface area (Å²) in [7, 11) is 0. The molecule has 2 aliphatic heterocycles. The van der Waals surface area contributed by atoms with Gasteiger partial charge in [-0.3, -0.25) is 10.1 Å². The van der Waals surface area contributed by atoms with Gasteiger partial charge in [0, 0.05) is 30.8 Å². The molecule has 2 heterocycles. The van der Waals surface area contributed by atoms with Crippen molar-refractivity contribution in [2.24, 2.45) is 0 Å². The number of hydrogen-bond acceptors (Lipinski definition) is 8. The van der Waals surface area contributed by atoms with Gasteiger partial charge in [0.2, 0.25) is 12.7 Å². The molecule has 2 N–H and O–H groups in total. The molecule has 2 aromatic rings. The maximum Gasteiger partial charge on any atom is 0.238 e. The highest BCUT2D eigenvalue weighted by molar-refractivity contribution is 5.94. The molecule has 0 atom stereocenters. The number of morpholine rings is 1. The van der Waals surface area contributed by atoms with Gasteiger partial charge in [-0.25, -0.2) is 0 Å². The Kier molecular flexibility index (Phi) is 7.87. The van der Waals surface area contributed by atoms with Crippen LogP contribution in [-0.2, 0) is 15.1 Å². The molecule has 2 aromatic carbocycles. The summed E-state index contributed by atoms with van der Waals surface area (Å²) in [6.45, 7) is 12.1. The van der Waals surface area contributed by atoms with Crippen molar-refractivity contribution in [3.8, 4) is 23.0 Å². The van der Waals surface area contributed by atoms with Crippen molar-refractivity contribution in [2.75, 3.05) is 63.1 Å². The van der Waals surface area contributed by atoms with E-state index >= 15 is 0 Å². The summed E-state index contributed by atoms with van der Waals surface area (Å²) in [4.78, 5) is 15.2. The lowest BCUT2D eigenvalue weighted by atomic mass is 9.94. The van der Waals surface area contributed by atoms with E-state index in [9.17, 15) is 4.79 Å². The SMILES string of the molecule is CCOc1cc(N2CCOCC2)c(OCC)cc1NC(=O)CNC(C)(C)c1ccc2c(c1)OCO2. The number of anilines is 2. The molecule has 0 spiro atoms. The topological polar surface area (TPSA) is 90.5 Å². The predicted molar refractivity (Wildman–Crippen MR) is 134 cm³/mol. The van der Waals surface area contributed by atoms with Crippen LogP contribution in [-0.4, -0.2) is 58.8 Å². The molecule has 0 radical (unpaired) electrons. The average molecular weight is 486 g/mol. The first-order chi connectivity index (χ1) is 16.9.